The van der Waals surface area contributed by atoms with Gasteiger partial charge in [0.2, 0.25) is 0 Å². The van der Waals surface area contributed by atoms with Crippen molar-refractivity contribution in [3.8, 4) is 0 Å². The lowest BCUT2D eigenvalue weighted by atomic mass is 10.2. The highest BCUT2D eigenvalue weighted by Gasteiger charge is 2.20. The Morgan fingerprint density at radius 2 is 2.40 bits per heavy atom. The van der Waals surface area contributed by atoms with Crippen LogP contribution in [0, 0.1) is 6.92 Å². The number of rotatable bonds is 1. The number of hydrogen-bond acceptors (Lipinski definition) is 2. The molecule has 0 bridgehead atoms. The summed E-state index contributed by atoms with van der Waals surface area (Å²) in [5.41, 5.74) is 2.45. The molecule has 3 heterocycles. The van der Waals surface area contributed by atoms with Crippen molar-refractivity contribution in [2.75, 3.05) is 6.54 Å². The zero-order valence-electron chi connectivity index (χ0n) is 8.90. The summed E-state index contributed by atoms with van der Waals surface area (Å²) < 4.78 is 2.25. The highest BCUT2D eigenvalue weighted by molar-refractivity contribution is 5.47. The lowest BCUT2D eigenvalue weighted by Gasteiger charge is -2.10. The number of imidazole rings is 1. The topological polar surface area (TPSA) is 29.3 Å². The van der Waals surface area contributed by atoms with Crippen molar-refractivity contribution in [3.63, 3.8) is 0 Å². The van der Waals surface area contributed by atoms with E-state index < -0.39 is 0 Å². The van der Waals surface area contributed by atoms with Gasteiger partial charge >= 0.3 is 0 Å². The van der Waals surface area contributed by atoms with E-state index in [9.17, 15) is 0 Å². The molecule has 2 aromatic heterocycles. The Hall–Kier alpha value is -1.35. The van der Waals surface area contributed by atoms with Crippen molar-refractivity contribution < 1.29 is 0 Å². The average molecular weight is 201 g/mol. The molecule has 1 saturated heterocycles. The van der Waals surface area contributed by atoms with Gasteiger partial charge in [-0.25, -0.2) is 4.98 Å². The molecule has 1 fully saturated rings. The van der Waals surface area contributed by atoms with Gasteiger partial charge < -0.3 is 5.32 Å². The van der Waals surface area contributed by atoms with Crippen LogP contribution in [-0.4, -0.2) is 15.9 Å². The Kier molecular flexibility index (Phi) is 1.99. The number of nitrogens with zero attached hydrogens (tertiary/aromatic N) is 2. The normalized spacial score (nSPS) is 21.3. The van der Waals surface area contributed by atoms with Gasteiger partial charge in [0.1, 0.15) is 5.82 Å². The number of nitrogens with one attached hydrogen (secondary N) is 1. The van der Waals surface area contributed by atoms with Crippen LogP contribution in [0.2, 0.25) is 0 Å². The fourth-order valence-corrected chi connectivity index (χ4v) is 2.39. The van der Waals surface area contributed by atoms with Gasteiger partial charge in [0.25, 0.3) is 0 Å². The predicted molar refractivity (Wildman–Crippen MR) is 59.9 cm³/mol. The van der Waals surface area contributed by atoms with Crippen molar-refractivity contribution >= 4 is 5.52 Å². The molecule has 0 spiro atoms. The number of hydrogen-bond donors (Lipinski definition) is 1. The molecule has 1 atom stereocenters. The van der Waals surface area contributed by atoms with Gasteiger partial charge in [-0.15, -0.1) is 0 Å². The molecular formula is C12H15N3. The first kappa shape index (κ1) is 8.92. The molecule has 0 aromatic carbocycles. The Labute approximate surface area is 89.1 Å². The first-order valence-corrected chi connectivity index (χ1v) is 5.52. The van der Waals surface area contributed by atoms with Gasteiger partial charge in [-0.3, -0.25) is 4.40 Å². The summed E-state index contributed by atoms with van der Waals surface area (Å²) in [7, 11) is 0. The minimum absolute atomic E-state index is 0.439. The van der Waals surface area contributed by atoms with E-state index in [-0.39, 0.29) is 0 Å². The molecule has 0 amide bonds. The minimum Gasteiger partial charge on any atom is -0.307 e. The fraction of sp³-hybridized carbons (Fsp3) is 0.417. The second-order valence-electron chi connectivity index (χ2n) is 4.19. The van der Waals surface area contributed by atoms with E-state index in [1.165, 1.54) is 29.9 Å². The van der Waals surface area contributed by atoms with Gasteiger partial charge in [0.05, 0.1) is 17.8 Å². The van der Waals surface area contributed by atoms with E-state index >= 15 is 0 Å². The summed E-state index contributed by atoms with van der Waals surface area (Å²) >= 11 is 0. The third kappa shape index (κ3) is 1.35. The fourth-order valence-electron chi connectivity index (χ4n) is 2.39. The smallest absolute Gasteiger partial charge is 0.130 e. The van der Waals surface area contributed by atoms with Gasteiger partial charge in [-0.1, -0.05) is 6.07 Å². The predicted octanol–water partition coefficient (Wildman–Crippen LogP) is 2.07. The maximum Gasteiger partial charge on any atom is 0.130 e. The maximum atomic E-state index is 4.54. The summed E-state index contributed by atoms with van der Waals surface area (Å²) in [6.45, 7) is 3.25. The van der Waals surface area contributed by atoms with Crippen LogP contribution in [0.4, 0.5) is 0 Å². The first-order valence-electron chi connectivity index (χ1n) is 5.52. The first-order chi connectivity index (χ1) is 7.36. The molecule has 0 radical (unpaired) electrons. The molecule has 2 aromatic rings. The highest BCUT2D eigenvalue weighted by Crippen LogP contribution is 2.23. The van der Waals surface area contributed by atoms with Crippen LogP contribution in [0.1, 0.15) is 30.4 Å². The van der Waals surface area contributed by atoms with E-state index in [1.807, 2.05) is 6.20 Å². The third-order valence-electron chi connectivity index (χ3n) is 3.15. The van der Waals surface area contributed by atoms with Crippen LogP contribution >= 0.6 is 0 Å². The minimum atomic E-state index is 0.439. The van der Waals surface area contributed by atoms with Gasteiger partial charge in [-0.05, 0) is 38.4 Å². The van der Waals surface area contributed by atoms with Gasteiger partial charge in [0.15, 0.2) is 0 Å². The van der Waals surface area contributed by atoms with Crippen LogP contribution in [-0.2, 0) is 0 Å². The van der Waals surface area contributed by atoms with Crippen molar-refractivity contribution in [3.05, 3.63) is 35.9 Å². The molecule has 1 aliphatic heterocycles. The summed E-state index contributed by atoms with van der Waals surface area (Å²) in [5.74, 6) is 1.17. The van der Waals surface area contributed by atoms with E-state index in [0.717, 1.165) is 6.54 Å². The second kappa shape index (κ2) is 3.35. The highest BCUT2D eigenvalue weighted by atomic mass is 15.1. The van der Waals surface area contributed by atoms with Crippen LogP contribution < -0.4 is 5.32 Å². The maximum absolute atomic E-state index is 4.54. The van der Waals surface area contributed by atoms with Gasteiger partial charge in [-0.2, -0.15) is 0 Å². The summed E-state index contributed by atoms with van der Waals surface area (Å²) in [5, 5.41) is 3.50. The van der Waals surface area contributed by atoms with E-state index in [4.69, 9.17) is 0 Å². The number of aryl methyl sites for hydroxylation is 1. The molecule has 1 unspecified atom stereocenters. The Balaban J connectivity index is 2.18. The Morgan fingerprint density at radius 3 is 3.20 bits per heavy atom. The lowest BCUT2D eigenvalue weighted by Crippen LogP contribution is -2.16. The average Bonchev–Trinajstić information content (AvgIpc) is 2.85. The van der Waals surface area contributed by atoms with Gasteiger partial charge in [0, 0.05) is 5.69 Å². The summed E-state index contributed by atoms with van der Waals surface area (Å²) in [6.07, 6.45) is 4.42. The molecule has 0 aliphatic carbocycles. The largest absolute Gasteiger partial charge is 0.307 e. The van der Waals surface area contributed by atoms with Crippen LogP contribution in [0.15, 0.2) is 24.4 Å². The number of aromatic nitrogens is 2. The molecule has 15 heavy (non-hydrogen) atoms. The summed E-state index contributed by atoms with van der Waals surface area (Å²) in [4.78, 5) is 4.54. The number of pyridine rings is 1. The van der Waals surface area contributed by atoms with Crippen molar-refractivity contribution in [1.29, 1.82) is 0 Å². The van der Waals surface area contributed by atoms with E-state index in [0.29, 0.717) is 6.04 Å². The summed E-state index contributed by atoms with van der Waals surface area (Å²) in [6, 6.07) is 6.76. The van der Waals surface area contributed by atoms with E-state index in [1.54, 1.807) is 0 Å². The quantitative estimate of drug-likeness (QED) is 0.765. The van der Waals surface area contributed by atoms with Crippen LogP contribution in [0.25, 0.3) is 5.52 Å². The molecular weight excluding hydrogens is 186 g/mol. The second-order valence-corrected chi connectivity index (χ2v) is 4.19. The molecule has 1 aliphatic rings. The standard InChI is InChI=1S/C12H15N3/c1-9-4-2-5-10-8-14-12(15(9)10)11-6-3-7-13-11/h2,4-5,8,11,13H,3,6-7H2,1H3. The zero-order chi connectivity index (χ0) is 10.3. The molecule has 3 rings (SSSR count). The molecule has 3 nitrogen and oxygen atoms in total. The SMILES string of the molecule is Cc1cccc2cnc(C3CCCN3)n12. The van der Waals surface area contributed by atoms with Crippen molar-refractivity contribution in [2.45, 2.75) is 25.8 Å². The van der Waals surface area contributed by atoms with Crippen LogP contribution in [0.5, 0.6) is 0 Å². The lowest BCUT2D eigenvalue weighted by molar-refractivity contribution is 0.600. The monoisotopic (exact) mass is 201 g/mol. The molecule has 78 valence electrons. The zero-order valence-corrected chi connectivity index (χ0v) is 8.90. The van der Waals surface area contributed by atoms with E-state index in [2.05, 4.69) is 39.8 Å². The molecule has 0 saturated carbocycles. The van der Waals surface area contributed by atoms with Crippen molar-refractivity contribution in [2.24, 2.45) is 0 Å². The van der Waals surface area contributed by atoms with Crippen LogP contribution in [0.3, 0.4) is 0 Å². The Morgan fingerprint density at radius 1 is 1.47 bits per heavy atom. The third-order valence-corrected chi connectivity index (χ3v) is 3.15. The Bertz CT molecular complexity index is 481. The molecule has 3 heteroatoms. The van der Waals surface area contributed by atoms with Crippen molar-refractivity contribution in [1.82, 2.24) is 14.7 Å². The number of fused-ring (bicyclic) bond motifs is 1. The molecule has 1 N–H and O–H groups in total.